The lowest BCUT2D eigenvalue weighted by atomic mass is 10.1. The number of nitrogens with one attached hydrogen (secondary N) is 1. The number of carbonyl (C=O) groups is 1. The van der Waals surface area contributed by atoms with E-state index < -0.39 is 0 Å². The Kier molecular flexibility index (Phi) is 11.4. The van der Waals surface area contributed by atoms with Crippen molar-refractivity contribution in [1.29, 1.82) is 0 Å². The van der Waals surface area contributed by atoms with Gasteiger partial charge in [-0.2, -0.15) is 0 Å². The van der Waals surface area contributed by atoms with Crippen LogP contribution in [0.25, 0.3) is 0 Å². The van der Waals surface area contributed by atoms with Crippen molar-refractivity contribution < 1.29 is 4.79 Å². The highest BCUT2D eigenvalue weighted by molar-refractivity contribution is 14.0. The average Bonchev–Trinajstić information content (AvgIpc) is 2.84. The SMILES string of the molecule is CCNC(=NCCCN1CCCCCC1=O)N(C)Cc1ccccc1C.I. The van der Waals surface area contributed by atoms with Crippen LogP contribution in [0.5, 0.6) is 0 Å². The lowest BCUT2D eigenvalue weighted by molar-refractivity contribution is -0.130. The van der Waals surface area contributed by atoms with Crippen LogP contribution in [0.1, 0.15) is 50.2 Å². The summed E-state index contributed by atoms with van der Waals surface area (Å²) in [7, 11) is 2.08. The molecule has 0 bridgehead atoms. The third kappa shape index (κ3) is 8.07. The second kappa shape index (κ2) is 13.0. The van der Waals surface area contributed by atoms with Crippen LogP contribution in [0.15, 0.2) is 29.3 Å². The van der Waals surface area contributed by atoms with Gasteiger partial charge in [0.1, 0.15) is 0 Å². The number of benzene rings is 1. The normalized spacial score (nSPS) is 15.1. The van der Waals surface area contributed by atoms with Gasteiger partial charge in [-0.25, -0.2) is 0 Å². The highest BCUT2D eigenvalue weighted by atomic mass is 127. The van der Waals surface area contributed by atoms with Crippen molar-refractivity contribution >= 4 is 35.8 Å². The predicted molar refractivity (Wildman–Crippen MR) is 124 cm³/mol. The van der Waals surface area contributed by atoms with Gasteiger partial charge in [0.25, 0.3) is 0 Å². The molecule has 1 fully saturated rings. The van der Waals surface area contributed by atoms with E-state index in [1.54, 1.807) is 0 Å². The van der Waals surface area contributed by atoms with Crippen molar-refractivity contribution in [2.45, 2.75) is 52.5 Å². The van der Waals surface area contributed by atoms with Crippen molar-refractivity contribution in [3.05, 3.63) is 35.4 Å². The highest BCUT2D eigenvalue weighted by Gasteiger charge is 2.15. The molecular weight excluding hydrogens is 451 g/mol. The molecule has 6 heteroatoms. The van der Waals surface area contributed by atoms with E-state index >= 15 is 0 Å². The van der Waals surface area contributed by atoms with Crippen LogP contribution >= 0.6 is 24.0 Å². The number of aliphatic imine (C=N–C) groups is 1. The fourth-order valence-corrected chi connectivity index (χ4v) is 3.31. The maximum Gasteiger partial charge on any atom is 0.222 e. The molecule has 1 heterocycles. The number of amides is 1. The van der Waals surface area contributed by atoms with Gasteiger partial charge in [-0.1, -0.05) is 30.7 Å². The highest BCUT2D eigenvalue weighted by Crippen LogP contribution is 2.12. The maximum absolute atomic E-state index is 12.1. The summed E-state index contributed by atoms with van der Waals surface area (Å²) in [6.07, 6.45) is 4.98. The number of rotatable bonds is 7. The van der Waals surface area contributed by atoms with E-state index in [4.69, 9.17) is 4.99 Å². The first-order valence-corrected chi connectivity index (χ1v) is 9.93. The predicted octanol–water partition coefficient (Wildman–Crippen LogP) is 3.80. The summed E-state index contributed by atoms with van der Waals surface area (Å²) in [4.78, 5) is 21.0. The summed E-state index contributed by atoms with van der Waals surface area (Å²) in [5.41, 5.74) is 2.62. The smallest absolute Gasteiger partial charge is 0.222 e. The number of likely N-dealkylation sites (tertiary alicyclic amines) is 1. The number of aryl methyl sites for hydroxylation is 1. The first-order valence-electron chi connectivity index (χ1n) is 9.93. The molecule has 1 saturated heterocycles. The fraction of sp³-hybridized carbons (Fsp3) is 0.619. The van der Waals surface area contributed by atoms with Gasteiger partial charge in [-0.3, -0.25) is 9.79 Å². The molecule has 1 aromatic rings. The van der Waals surface area contributed by atoms with Crippen molar-refractivity contribution in [3.63, 3.8) is 0 Å². The second-order valence-electron chi connectivity index (χ2n) is 7.06. The van der Waals surface area contributed by atoms with Crippen molar-refractivity contribution in [1.82, 2.24) is 15.1 Å². The summed E-state index contributed by atoms with van der Waals surface area (Å²) in [6.45, 7) is 8.40. The Labute approximate surface area is 181 Å². The Balaban J connectivity index is 0.00000364. The molecule has 0 spiro atoms. The minimum atomic E-state index is 0. The third-order valence-electron chi connectivity index (χ3n) is 4.88. The van der Waals surface area contributed by atoms with Crippen molar-refractivity contribution in [2.75, 3.05) is 33.2 Å². The van der Waals surface area contributed by atoms with Gasteiger partial charge in [0, 0.05) is 46.2 Å². The molecule has 0 unspecified atom stereocenters. The topological polar surface area (TPSA) is 47.9 Å². The van der Waals surface area contributed by atoms with Crippen molar-refractivity contribution in [2.24, 2.45) is 4.99 Å². The first kappa shape index (κ1) is 23.7. The summed E-state index contributed by atoms with van der Waals surface area (Å²) in [5.74, 6) is 1.24. The maximum atomic E-state index is 12.1. The number of nitrogens with zero attached hydrogens (tertiary/aromatic N) is 3. The molecule has 0 aromatic heterocycles. The van der Waals surface area contributed by atoms with E-state index in [0.717, 1.165) is 57.9 Å². The number of guanidine groups is 1. The molecule has 27 heavy (non-hydrogen) atoms. The summed E-state index contributed by atoms with van der Waals surface area (Å²) in [5, 5.41) is 3.37. The molecule has 1 aliphatic rings. The van der Waals surface area contributed by atoms with E-state index in [-0.39, 0.29) is 24.0 Å². The van der Waals surface area contributed by atoms with Gasteiger partial charge in [0.15, 0.2) is 5.96 Å². The van der Waals surface area contributed by atoms with E-state index in [2.05, 4.69) is 55.4 Å². The van der Waals surface area contributed by atoms with E-state index in [9.17, 15) is 4.79 Å². The standard InChI is InChI=1S/C21H34N4O.HI/c1-4-22-21(24(3)17-19-12-8-7-11-18(19)2)23-14-10-16-25-15-9-5-6-13-20(25)26;/h7-8,11-12H,4-6,9-10,13-17H2,1-3H3,(H,22,23);1H. The molecule has 0 radical (unpaired) electrons. The molecule has 1 amide bonds. The second-order valence-corrected chi connectivity index (χ2v) is 7.06. The minimum Gasteiger partial charge on any atom is -0.357 e. The largest absolute Gasteiger partial charge is 0.357 e. The Bertz CT molecular complexity index is 606. The quantitative estimate of drug-likeness (QED) is 0.276. The van der Waals surface area contributed by atoms with Crippen LogP contribution in [-0.4, -0.2) is 54.9 Å². The number of hydrogen-bond donors (Lipinski definition) is 1. The lowest BCUT2D eigenvalue weighted by Crippen LogP contribution is -2.39. The Morgan fingerprint density at radius 1 is 1.26 bits per heavy atom. The summed E-state index contributed by atoms with van der Waals surface area (Å²) >= 11 is 0. The van der Waals surface area contributed by atoms with Gasteiger partial charge >= 0.3 is 0 Å². The zero-order chi connectivity index (χ0) is 18.8. The summed E-state index contributed by atoms with van der Waals surface area (Å²) in [6, 6.07) is 8.46. The van der Waals surface area contributed by atoms with Crippen LogP contribution in [0.2, 0.25) is 0 Å². The van der Waals surface area contributed by atoms with Crippen molar-refractivity contribution in [3.8, 4) is 0 Å². The molecule has 0 atom stereocenters. The van der Waals surface area contributed by atoms with E-state index in [1.807, 2.05) is 4.90 Å². The number of hydrogen-bond acceptors (Lipinski definition) is 2. The van der Waals surface area contributed by atoms with Gasteiger partial charge in [-0.15, -0.1) is 24.0 Å². The average molecular weight is 486 g/mol. The Morgan fingerprint density at radius 2 is 2.04 bits per heavy atom. The molecule has 1 aliphatic heterocycles. The molecule has 0 aliphatic carbocycles. The van der Waals surface area contributed by atoms with Gasteiger partial charge in [0.05, 0.1) is 0 Å². The Hall–Kier alpha value is -1.31. The number of carbonyl (C=O) groups excluding carboxylic acids is 1. The molecular formula is C21H35IN4O. The fourth-order valence-electron chi connectivity index (χ4n) is 3.31. The third-order valence-corrected chi connectivity index (χ3v) is 4.88. The Morgan fingerprint density at radius 3 is 2.78 bits per heavy atom. The molecule has 5 nitrogen and oxygen atoms in total. The van der Waals surface area contributed by atoms with Crippen LogP contribution in [-0.2, 0) is 11.3 Å². The van der Waals surface area contributed by atoms with E-state index in [0.29, 0.717) is 12.3 Å². The van der Waals surface area contributed by atoms with Crippen LogP contribution in [0.3, 0.4) is 0 Å². The molecule has 1 aromatic carbocycles. The zero-order valence-electron chi connectivity index (χ0n) is 17.0. The molecule has 2 rings (SSSR count). The zero-order valence-corrected chi connectivity index (χ0v) is 19.4. The lowest BCUT2D eigenvalue weighted by Gasteiger charge is -2.23. The molecule has 1 N–H and O–H groups in total. The number of halogens is 1. The van der Waals surface area contributed by atoms with Crippen LogP contribution < -0.4 is 5.32 Å². The molecule has 152 valence electrons. The first-order chi connectivity index (χ1) is 12.6. The molecule has 0 saturated carbocycles. The van der Waals surface area contributed by atoms with Gasteiger partial charge < -0.3 is 15.1 Å². The van der Waals surface area contributed by atoms with Gasteiger partial charge in [0.2, 0.25) is 5.91 Å². The van der Waals surface area contributed by atoms with Gasteiger partial charge in [-0.05, 0) is 44.2 Å². The van der Waals surface area contributed by atoms with Crippen LogP contribution in [0.4, 0.5) is 0 Å². The monoisotopic (exact) mass is 486 g/mol. The van der Waals surface area contributed by atoms with Crippen LogP contribution in [0, 0.1) is 6.92 Å². The summed E-state index contributed by atoms with van der Waals surface area (Å²) < 4.78 is 0. The minimum absolute atomic E-state index is 0. The van der Waals surface area contributed by atoms with E-state index in [1.165, 1.54) is 17.5 Å².